The highest BCUT2D eigenvalue weighted by Gasteiger charge is 2.21. The van der Waals surface area contributed by atoms with Crippen LogP contribution >= 0.6 is 0 Å². The SMILES string of the molecule is C#Cc1c(C(/C=C\C(=C)Oc2cc(C)cc(C)c2)=C/C=C)cc2ccccc2c1C=C(C)C.C/C=C\C(C1=CCC(C)C=C1C(C)CC)=C(C)C.C=CCC(C)/C(=C\C/C(=C/C)CC)c1cc(C(/C=C\N)=C/C)ccc1C(C)CC.CN. The second-order valence-electron chi connectivity index (χ2n) is 21.9. The fourth-order valence-corrected chi connectivity index (χ4v) is 10.2. The summed E-state index contributed by atoms with van der Waals surface area (Å²) in [4.78, 5) is 0. The van der Waals surface area contributed by atoms with Gasteiger partial charge in [-0.2, -0.15) is 0 Å². The Labute approximate surface area is 500 Å². The van der Waals surface area contributed by atoms with E-state index >= 15 is 0 Å². The lowest BCUT2D eigenvalue weighted by molar-refractivity contribution is 0.446. The minimum absolute atomic E-state index is 0.430. The number of hydrogen-bond acceptors (Lipinski definition) is 3. The van der Waals surface area contributed by atoms with Crippen LogP contribution in [-0.4, -0.2) is 7.05 Å². The van der Waals surface area contributed by atoms with Crippen LogP contribution < -0.4 is 16.2 Å². The van der Waals surface area contributed by atoms with E-state index in [1.54, 1.807) is 17.8 Å². The molecule has 1 aliphatic rings. The Hall–Kier alpha value is -7.38. The lowest BCUT2D eigenvalue weighted by atomic mass is 9.79. The normalized spacial score (nSPS) is 14.9. The summed E-state index contributed by atoms with van der Waals surface area (Å²) in [6, 6.07) is 23.5. The van der Waals surface area contributed by atoms with Gasteiger partial charge in [0, 0.05) is 5.56 Å². The Balaban J connectivity index is 0.000000430. The molecular weight excluding hydrogens is 993 g/mol. The van der Waals surface area contributed by atoms with Gasteiger partial charge in [0.25, 0.3) is 0 Å². The molecule has 0 aliphatic heterocycles. The third-order valence-corrected chi connectivity index (χ3v) is 14.9. The highest BCUT2D eigenvalue weighted by Crippen LogP contribution is 2.38. The van der Waals surface area contributed by atoms with Crippen LogP contribution in [0.2, 0.25) is 0 Å². The number of aryl methyl sites for hydroxylation is 2. The smallest absolute Gasteiger partial charge is 0.127 e. The second kappa shape index (κ2) is 37.6. The second-order valence-corrected chi connectivity index (χ2v) is 21.9. The van der Waals surface area contributed by atoms with Gasteiger partial charge in [0.1, 0.15) is 11.5 Å². The average Bonchev–Trinajstić information content (AvgIpc) is 3.67. The number of terminal acetylenes is 1. The van der Waals surface area contributed by atoms with Crippen molar-refractivity contribution in [3.8, 4) is 18.1 Å². The number of rotatable bonds is 22. The Morgan fingerprint density at radius 3 is 2.04 bits per heavy atom. The van der Waals surface area contributed by atoms with Gasteiger partial charge in [-0.3, -0.25) is 0 Å². The zero-order valence-electron chi connectivity index (χ0n) is 53.8. The van der Waals surface area contributed by atoms with Gasteiger partial charge in [-0.05, 0) is 257 Å². The molecule has 3 nitrogen and oxygen atoms in total. The Morgan fingerprint density at radius 2 is 1.49 bits per heavy atom. The van der Waals surface area contributed by atoms with Gasteiger partial charge in [0.15, 0.2) is 0 Å². The van der Waals surface area contributed by atoms with Crippen molar-refractivity contribution in [1.82, 2.24) is 0 Å². The Morgan fingerprint density at radius 1 is 0.817 bits per heavy atom. The predicted octanol–water partition coefficient (Wildman–Crippen LogP) is 22.4. The molecule has 82 heavy (non-hydrogen) atoms. The molecule has 3 heteroatoms. The summed E-state index contributed by atoms with van der Waals surface area (Å²) in [5, 5.41) is 2.27. The van der Waals surface area contributed by atoms with E-state index in [4.69, 9.17) is 16.9 Å². The molecule has 0 saturated heterocycles. The molecule has 0 amide bonds. The fraction of sp³-hybridized carbons (Fsp3) is 0.342. The molecule has 4 atom stereocenters. The maximum atomic E-state index is 6.04. The first-order chi connectivity index (χ1) is 39.3. The van der Waals surface area contributed by atoms with Crippen molar-refractivity contribution >= 4 is 33.6 Å². The van der Waals surface area contributed by atoms with Crippen LogP contribution in [0.1, 0.15) is 186 Å². The lowest BCUT2D eigenvalue weighted by Gasteiger charge is -2.25. The maximum Gasteiger partial charge on any atom is 0.127 e. The van der Waals surface area contributed by atoms with Crippen molar-refractivity contribution in [3.05, 3.63) is 255 Å². The van der Waals surface area contributed by atoms with Crippen LogP contribution in [-0.2, 0) is 0 Å². The van der Waals surface area contributed by atoms with Crippen LogP contribution in [0.5, 0.6) is 5.75 Å². The van der Waals surface area contributed by atoms with Crippen LogP contribution in [0, 0.1) is 43.9 Å². The van der Waals surface area contributed by atoms with Gasteiger partial charge in [-0.1, -0.05) is 200 Å². The van der Waals surface area contributed by atoms with Crippen molar-refractivity contribution < 1.29 is 4.74 Å². The van der Waals surface area contributed by atoms with Crippen molar-refractivity contribution in [2.24, 2.45) is 29.2 Å². The molecule has 0 aromatic heterocycles. The molecule has 0 fully saturated rings. The number of hydrogen-bond donors (Lipinski definition) is 2. The molecular formula is C79H104N2O. The summed E-state index contributed by atoms with van der Waals surface area (Å²) in [5.41, 5.74) is 31.4. The van der Waals surface area contributed by atoms with E-state index in [1.165, 1.54) is 70.0 Å². The van der Waals surface area contributed by atoms with Crippen LogP contribution in [0.3, 0.4) is 0 Å². The molecule has 436 valence electrons. The number of benzene rings is 4. The van der Waals surface area contributed by atoms with Gasteiger partial charge in [-0.15, -0.1) is 13.0 Å². The van der Waals surface area contributed by atoms with E-state index in [-0.39, 0.29) is 0 Å². The summed E-state index contributed by atoms with van der Waals surface area (Å²) < 4.78 is 5.96. The van der Waals surface area contributed by atoms with E-state index in [9.17, 15) is 0 Å². The van der Waals surface area contributed by atoms with Crippen molar-refractivity contribution in [2.75, 3.05) is 7.05 Å². The Bertz CT molecular complexity index is 3140. The summed E-state index contributed by atoms with van der Waals surface area (Å²) in [6.07, 6.45) is 44.1. The molecule has 4 N–H and O–H groups in total. The molecule has 0 bridgehead atoms. The van der Waals surface area contributed by atoms with Crippen LogP contribution in [0.25, 0.3) is 33.6 Å². The third-order valence-electron chi connectivity index (χ3n) is 14.9. The van der Waals surface area contributed by atoms with Gasteiger partial charge < -0.3 is 16.2 Å². The first-order valence-electron chi connectivity index (χ1n) is 29.9. The molecule has 4 aromatic rings. The van der Waals surface area contributed by atoms with E-state index in [0.29, 0.717) is 29.4 Å². The Kier molecular flexibility index (Phi) is 32.4. The van der Waals surface area contributed by atoms with E-state index in [0.717, 1.165) is 81.2 Å². The van der Waals surface area contributed by atoms with Crippen molar-refractivity contribution in [1.29, 1.82) is 0 Å². The molecule has 4 unspecified atom stereocenters. The zero-order valence-corrected chi connectivity index (χ0v) is 53.8. The molecule has 4 aromatic carbocycles. The number of nitrogens with two attached hydrogens (primary N) is 2. The highest BCUT2D eigenvalue weighted by atomic mass is 16.5. The lowest BCUT2D eigenvalue weighted by Crippen LogP contribution is -2.10. The molecule has 5 rings (SSSR count). The van der Waals surface area contributed by atoms with Crippen LogP contribution in [0.4, 0.5) is 0 Å². The number of fused-ring (bicyclic) bond motifs is 1. The van der Waals surface area contributed by atoms with Crippen molar-refractivity contribution in [3.63, 3.8) is 0 Å². The zero-order chi connectivity index (χ0) is 61.5. The van der Waals surface area contributed by atoms with Crippen LogP contribution in [0.15, 0.2) is 211 Å². The molecule has 0 saturated carbocycles. The molecule has 0 spiro atoms. The molecule has 0 heterocycles. The van der Waals surface area contributed by atoms with Gasteiger partial charge in [0.2, 0.25) is 0 Å². The maximum absolute atomic E-state index is 6.04. The summed E-state index contributed by atoms with van der Waals surface area (Å²) >= 11 is 0. The summed E-state index contributed by atoms with van der Waals surface area (Å²) in [6.45, 7) is 47.0. The number of allylic oxidation sites excluding steroid dienone is 22. The van der Waals surface area contributed by atoms with E-state index < -0.39 is 0 Å². The van der Waals surface area contributed by atoms with Crippen molar-refractivity contribution in [2.45, 2.75) is 155 Å². The summed E-state index contributed by atoms with van der Waals surface area (Å²) in [7, 11) is 1.50. The first kappa shape index (κ1) is 70.7. The highest BCUT2D eigenvalue weighted by molar-refractivity contribution is 5.98. The van der Waals surface area contributed by atoms with Gasteiger partial charge in [-0.25, -0.2) is 0 Å². The third kappa shape index (κ3) is 21.5. The summed E-state index contributed by atoms with van der Waals surface area (Å²) in [5.74, 6) is 6.53. The first-order valence-corrected chi connectivity index (χ1v) is 29.9. The standard InChI is InChI=1S/C32H30O.C28H41N.C18H28.CH5N/c1-8-12-26(16-15-25(7)33-28-19-23(5)18-24(6)20-28)31-21-27-13-10-11-14-30(27)32(17-22(3)4)29(31)9-2;1-8-13-22(7)27(16-14-23(10-3)11-4)28-20-25(24(12-5)18-19-29)15-17-26(28)21(6)9-2;1-7-9-16(13(3)4)17-11-10-14(5)12-18(17)15(6)8-2;1-2/h2,8,10-21H,1,7H2,3-6H3;8,10,12,15-22H,1,9,11,13-14,29H2,2-7H3;7,9,11-12,14-15H,8,10H2,1-6H3;2H2,1H3/b16-15-,26-12+;19-18-,23-10+,24-12+,27-16+;9-7-;. The largest absolute Gasteiger partial charge is 0.458 e. The van der Waals surface area contributed by atoms with Gasteiger partial charge in [0.05, 0.1) is 0 Å². The monoisotopic (exact) mass is 1100 g/mol. The van der Waals surface area contributed by atoms with E-state index in [1.807, 2.05) is 54.6 Å². The average molecular weight is 1100 g/mol. The topological polar surface area (TPSA) is 61.3 Å². The molecule has 1 aliphatic carbocycles. The fourth-order valence-electron chi connectivity index (χ4n) is 10.2. The quantitative estimate of drug-likeness (QED) is 0.0357. The molecule has 0 radical (unpaired) electrons. The van der Waals surface area contributed by atoms with E-state index in [2.05, 4.69) is 233 Å². The number of ether oxygens (including phenoxy) is 1. The predicted molar refractivity (Wildman–Crippen MR) is 370 cm³/mol. The minimum atomic E-state index is 0.430. The van der Waals surface area contributed by atoms with Gasteiger partial charge >= 0.3 is 0 Å². The minimum Gasteiger partial charge on any atom is -0.458 e.